The Morgan fingerprint density at radius 3 is 2.90 bits per heavy atom. The first-order chi connectivity index (χ1) is 10.1. The van der Waals surface area contributed by atoms with Gasteiger partial charge >= 0.3 is 5.97 Å². The summed E-state index contributed by atoms with van der Waals surface area (Å²) in [6.45, 7) is 3.18. The number of carbonyl (C=O) groups is 1. The number of rotatable bonds is 6. The van der Waals surface area contributed by atoms with Crippen LogP contribution < -0.4 is 4.74 Å². The lowest BCUT2D eigenvalue weighted by Crippen LogP contribution is -2.46. The zero-order chi connectivity index (χ0) is 15.2. The van der Waals surface area contributed by atoms with Gasteiger partial charge in [-0.25, -0.2) is 0 Å². The minimum Gasteiger partial charge on any atom is -0.496 e. The van der Waals surface area contributed by atoms with Crippen molar-refractivity contribution in [2.45, 2.75) is 51.1 Å². The highest BCUT2D eigenvalue weighted by atomic mass is 16.5. The van der Waals surface area contributed by atoms with Crippen molar-refractivity contribution in [1.82, 2.24) is 4.90 Å². The molecule has 21 heavy (non-hydrogen) atoms. The molecule has 116 valence electrons. The molecule has 1 fully saturated rings. The Kier molecular flexibility index (Phi) is 5.62. The van der Waals surface area contributed by atoms with Gasteiger partial charge in [0.05, 0.1) is 13.5 Å². The predicted molar refractivity (Wildman–Crippen MR) is 82.8 cm³/mol. The first-order valence-corrected chi connectivity index (χ1v) is 7.71. The average molecular weight is 291 g/mol. The lowest BCUT2D eigenvalue weighted by Gasteiger charge is -2.39. The van der Waals surface area contributed by atoms with Crippen LogP contribution in [-0.2, 0) is 11.2 Å². The number of carboxylic acids is 1. The van der Waals surface area contributed by atoms with Crippen LogP contribution in [0, 0.1) is 0 Å². The molecule has 1 aromatic carbocycles. The summed E-state index contributed by atoms with van der Waals surface area (Å²) in [4.78, 5) is 13.4. The molecule has 4 nitrogen and oxygen atoms in total. The molecule has 0 aromatic heterocycles. The molecule has 2 atom stereocenters. The molecule has 2 unspecified atom stereocenters. The first kappa shape index (κ1) is 15.8. The zero-order valence-electron chi connectivity index (χ0n) is 12.9. The van der Waals surface area contributed by atoms with E-state index in [2.05, 4.69) is 17.9 Å². The van der Waals surface area contributed by atoms with Gasteiger partial charge in [-0.1, -0.05) is 24.6 Å². The molecule has 1 N–H and O–H groups in total. The van der Waals surface area contributed by atoms with Gasteiger partial charge in [-0.15, -0.1) is 0 Å². The third kappa shape index (κ3) is 4.21. The van der Waals surface area contributed by atoms with E-state index in [1.807, 2.05) is 18.2 Å². The number of likely N-dealkylation sites (tertiary alicyclic amines) is 1. The second-order valence-corrected chi connectivity index (χ2v) is 5.85. The molecule has 0 bridgehead atoms. The van der Waals surface area contributed by atoms with Gasteiger partial charge in [-0.2, -0.15) is 0 Å². The minimum absolute atomic E-state index is 0.168. The summed E-state index contributed by atoms with van der Waals surface area (Å²) in [5.74, 6) is 0.215. The summed E-state index contributed by atoms with van der Waals surface area (Å²) in [5, 5.41) is 9.09. The Labute approximate surface area is 126 Å². The van der Waals surface area contributed by atoms with Crippen molar-refractivity contribution in [3.05, 3.63) is 29.8 Å². The van der Waals surface area contributed by atoms with Crippen LogP contribution >= 0.6 is 0 Å². The van der Waals surface area contributed by atoms with Crippen molar-refractivity contribution >= 4 is 5.97 Å². The molecule has 1 saturated heterocycles. The van der Waals surface area contributed by atoms with Gasteiger partial charge < -0.3 is 9.84 Å². The largest absolute Gasteiger partial charge is 0.496 e. The average Bonchev–Trinajstić information content (AvgIpc) is 2.47. The molecule has 0 saturated carbocycles. The van der Waals surface area contributed by atoms with Crippen molar-refractivity contribution in [2.75, 3.05) is 13.7 Å². The number of benzene rings is 1. The molecule has 2 rings (SSSR count). The number of hydrogen-bond acceptors (Lipinski definition) is 3. The van der Waals surface area contributed by atoms with Crippen LogP contribution in [0.4, 0.5) is 0 Å². The van der Waals surface area contributed by atoms with Crippen LogP contribution in [0.5, 0.6) is 5.75 Å². The molecule has 0 amide bonds. The minimum atomic E-state index is -0.698. The number of para-hydroxylation sites is 1. The van der Waals surface area contributed by atoms with Gasteiger partial charge in [0.1, 0.15) is 5.75 Å². The highest BCUT2D eigenvalue weighted by molar-refractivity contribution is 5.67. The van der Waals surface area contributed by atoms with E-state index in [1.54, 1.807) is 7.11 Å². The number of nitrogens with zero attached hydrogens (tertiary/aromatic N) is 1. The quantitative estimate of drug-likeness (QED) is 0.875. The molecule has 1 aromatic rings. The maximum atomic E-state index is 11.0. The number of hydrogen-bond donors (Lipinski definition) is 1. The van der Waals surface area contributed by atoms with Crippen LogP contribution in [0.2, 0.25) is 0 Å². The molecular weight excluding hydrogens is 266 g/mol. The molecule has 0 aliphatic carbocycles. The summed E-state index contributed by atoms with van der Waals surface area (Å²) in [6, 6.07) is 8.56. The third-order valence-corrected chi connectivity index (χ3v) is 4.36. The Bertz CT molecular complexity index is 475. The van der Waals surface area contributed by atoms with Crippen LogP contribution in [0.3, 0.4) is 0 Å². The van der Waals surface area contributed by atoms with Crippen molar-refractivity contribution < 1.29 is 14.6 Å². The monoisotopic (exact) mass is 291 g/mol. The number of aliphatic carboxylic acids is 1. The van der Waals surface area contributed by atoms with Gasteiger partial charge in [0.25, 0.3) is 0 Å². The molecule has 1 aliphatic heterocycles. The van der Waals surface area contributed by atoms with Gasteiger partial charge in [-0.05, 0) is 44.4 Å². The topological polar surface area (TPSA) is 49.8 Å². The molecule has 0 radical (unpaired) electrons. The Morgan fingerprint density at radius 1 is 1.43 bits per heavy atom. The molecule has 1 aliphatic rings. The number of piperidine rings is 1. The second-order valence-electron chi connectivity index (χ2n) is 5.85. The molecule has 4 heteroatoms. The van der Waals surface area contributed by atoms with Crippen LogP contribution in [-0.4, -0.2) is 41.7 Å². The molecule has 0 spiro atoms. The first-order valence-electron chi connectivity index (χ1n) is 7.71. The fourth-order valence-electron chi connectivity index (χ4n) is 3.33. The van der Waals surface area contributed by atoms with Crippen LogP contribution in [0.15, 0.2) is 24.3 Å². The van der Waals surface area contributed by atoms with E-state index in [0.29, 0.717) is 6.04 Å². The highest BCUT2D eigenvalue weighted by Crippen LogP contribution is 2.26. The Hall–Kier alpha value is -1.55. The fourth-order valence-corrected chi connectivity index (χ4v) is 3.33. The molecular formula is C17H25NO3. The standard InChI is InChI=1S/C17H25NO3/c1-13(11-14-7-3-4-9-16(14)21-2)18-10-6-5-8-15(18)12-17(19)20/h3-4,7,9,13,15H,5-6,8,10-12H2,1-2H3,(H,19,20). The van der Waals surface area contributed by atoms with Crippen LogP contribution in [0.25, 0.3) is 0 Å². The van der Waals surface area contributed by atoms with Gasteiger partial charge in [0.2, 0.25) is 0 Å². The zero-order valence-corrected chi connectivity index (χ0v) is 12.9. The van der Waals surface area contributed by atoms with Gasteiger partial charge in [0.15, 0.2) is 0 Å². The summed E-state index contributed by atoms with van der Waals surface area (Å²) in [5.41, 5.74) is 1.19. The van der Waals surface area contributed by atoms with Crippen molar-refractivity contribution in [3.63, 3.8) is 0 Å². The van der Waals surface area contributed by atoms with E-state index in [1.165, 1.54) is 5.56 Å². The summed E-state index contributed by atoms with van der Waals surface area (Å²) in [7, 11) is 1.69. The van der Waals surface area contributed by atoms with Gasteiger partial charge in [-0.3, -0.25) is 9.69 Å². The fraction of sp³-hybridized carbons (Fsp3) is 0.588. The summed E-state index contributed by atoms with van der Waals surface area (Å²) >= 11 is 0. The Balaban J connectivity index is 2.06. The lowest BCUT2D eigenvalue weighted by atomic mass is 9.95. The molecule has 1 heterocycles. The van der Waals surface area contributed by atoms with E-state index < -0.39 is 5.97 Å². The predicted octanol–water partition coefficient (Wildman–Crippen LogP) is 2.96. The van der Waals surface area contributed by atoms with E-state index in [0.717, 1.165) is 38.0 Å². The smallest absolute Gasteiger partial charge is 0.304 e. The number of carboxylic acid groups (broad SMARTS) is 1. The Morgan fingerprint density at radius 2 is 2.19 bits per heavy atom. The van der Waals surface area contributed by atoms with E-state index in [4.69, 9.17) is 9.84 Å². The van der Waals surface area contributed by atoms with E-state index in [9.17, 15) is 4.79 Å². The van der Waals surface area contributed by atoms with Crippen LogP contribution in [0.1, 0.15) is 38.2 Å². The highest BCUT2D eigenvalue weighted by Gasteiger charge is 2.28. The number of methoxy groups -OCH3 is 1. The maximum Gasteiger partial charge on any atom is 0.304 e. The van der Waals surface area contributed by atoms with Gasteiger partial charge in [0, 0.05) is 12.1 Å². The third-order valence-electron chi connectivity index (χ3n) is 4.36. The lowest BCUT2D eigenvalue weighted by molar-refractivity contribution is -0.139. The van der Waals surface area contributed by atoms with E-state index >= 15 is 0 Å². The summed E-state index contributed by atoms with van der Waals surface area (Å²) < 4.78 is 5.41. The SMILES string of the molecule is COc1ccccc1CC(C)N1CCCCC1CC(=O)O. The maximum absolute atomic E-state index is 11.0. The van der Waals surface area contributed by atoms with Crippen molar-refractivity contribution in [1.29, 1.82) is 0 Å². The van der Waals surface area contributed by atoms with Crippen molar-refractivity contribution in [2.24, 2.45) is 0 Å². The number of ether oxygens (including phenoxy) is 1. The van der Waals surface area contributed by atoms with E-state index in [-0.39, 0.29) is 12.5 Å². The normalized spacial score (nSPS) is 21.0. The summed E-state index contributed by atoms with van der Waals surface area (Å²) in [6.07, 6.45) is 4.42. The second kappa shape index (κ2) is 7.46. The van der Waals surface area contributed by atoms with Crippen molar-refractivity contribution in [3.8, 4) is 5.75 Å².